The van der Waals surface area contributed by atoms with Gasteiger partial charge in [-0.15, -0.1) is 46.2 Å². The first-order valence-corrected chi connectivity index (χ1v) is 18.2. The zero-order valence-electron chi connectivity index (χ0n) is 31.7. The first-order valence-electron chi connectivity index (χ1n) is 17.0. The van der Waals surface area contributed by atoms with E-state index in [4.69, 9.17) is 0 Å². The van der Waals surface area contributed by atoms with Crippen LogP contribution in [0.1, 0.15) is 92.5 Å². The minimum absolute atomic E-state index is 0. The molecule has 5 aromatic carbocycles. The Morgan fingerprint density at radius 2 is 0.828 bits per heavy atom. The summed E-state index contributed by atoms with van der Waals surface area (Å²) in [4.78, 5) is 0. The fraction of sp³-hybridized carbons (Fsp3) is 0.302. The van der Waals surface area contributed by atoms with Crippen LogP contribution in [0.15, 0.2) is 97.1 Å². The summed E-state index contributed by atoms with van der Waals surface area (Å²) in [5.74, 6) is 0. The summed E-state index contributed by atoms with van der Waals surface area (Å²) in [6, 6.07) is 16.7. The van der Waals surface area contributed by atoms with Gasteiger partial charge in [0.1, 0.15) is 0 Å². The number of alkyl halides is 12. The first-order chi connectivity index (χ1) is 25.5. The van der Waals surface area contributed by atoms with Crippen molar-refractivity contribution in [2.24, 2.45) is 0 Å². The standard InChI is InChI=1S/C21H25.C17H6F12.C5H5.2ClH.Zr/c1-20(2,3)16-9-7-14-11-15-8-10-17(21(4,5)6)13-19(15)18(14)12-16;18-14(19,20)10-2-8(3-11(6-10)15(21,22)23)1-9-4-12(16(24,25)26)7-13(5-9)17(27,28)29;1-2-4-5-3-1;;;/h7-13H,1-6H3;2-7H;1-3H,4H2;2*1H;/q-1;;-1;;;+2/p-2. The maximum atomic E-state index is 13.0. The van der Waals surface area contributed by atoms with Crippen molar-refractivity contribution in [2.75, 3.05) is 0 Å². The number of hydrogen-bond acceptors (Lipinski definition) is 0. The second-order valence-corrected chi connectivity index (χ2v) is 16.4. The van der Waals surface area contributed by atoms with Crippen molar-refractivity contribution >= 4 is 24.8 Å². The van der Waals surface area contributed by atoms with Crippen molar-refractivity contribution < 1.29 is 102 Å². The van der Waals surface area contributed by atoms with Gasteiger partial charge < -0.3 is 24.8 Å². The topological polar surface area (TPSA) is 0 Å². The molecule has 0 heterocycles. The van der Waals surface area contributed by atoms with Crippen LogP contribution in [0.4, 0.5) is 52.7 Å². The minimum atomic E-state index is -5.22. The van der Waals surface area contributed by atoms with Crippen LogP contribution in [0.3, 0.4) is 0 Å². The van der Waals surface area contributed by atoms with E-state index in [2.05, 4.69) is 96.2 Å². The molecule has 0 radical (unpaired) electrons. The molecule has 0 N–H and O–H groups in total. The van der Waals surface area contributed by atoms with E-state index in [1.807, 2.05) is 12.2 Å². The largest absolute Gasteiger partial charge is 1.00 e. The van der Waals surface area contributed by atoms with Crippen LogP contribution in [0.25, 0.3) is 21.5 Å². The Kier molecular flexibility index (Phi) is 16.3. The molecule has 0 spiro atoms. The number of fused-ring (bicyclic) bond motifs is 3. The average Bonchev–Trinajstić information content (AvgIpc) is 3.77. The van der Waals surface area contributed by atoms with Crippen LogP contribution in [0.5, 0.6) is 0 Å². The van der Waals surface area contributed by atoms with E-state index in [1.165, 1.54) is 32.7 Å². The second kappa shape index (κ2) is 18.6. The molecule has 0 aliphatic heterocycles. The van der Waals surface area contributed by atoms with E-state index in [9.17, 15) is 52.7 Å². The predicted molar refractivity (Wildman–Crippen MR) is 192 cm³/mol. The summed E-state index contributed by atoms with van der Waals surface area (Å²) in [7, 11) is 0. The molecule has 0 saturated heterocycles. The van der Waals surface area contributed by atoms with Crippen molar-refractivity contribution in [1.82, 2.24) is 0 Å². The van der Waals surface area contributed by atoms with Crippen molar-refractivity contribution in [3.8, 4) is 0 Å². The smallest absolute Gasteiger partial charge is 0.109 e. The molecule has 1 aliphatic carbocycles. The molecule has 15 heteroatoms. The molecule has 0 atom stereocenters. The van der Waals surface area contributed by atoms with Gasteiger partial charge in [-0.2, -0.15) is 6.08 Å². The number of halogens is 14. The monoisotopic (exact) mass is 940 g/mol. The summed E-state index contributed by atoms with van der Waals surface area (Å²) >= 11 is -0.00108. The molecule has 0 nitrogen and oxygen atoms in total. The summed E-state index contributed by atoms with van der Waals surface area (Å²) in [6.07, 6.45) is -10.9. The summed E-state index contributed by atoms with van der Waals surface area (Å²) in [5, 5.41) is 5.49. The summed E-state index contributed by atoms with van der Waals surface area (Å²) in [5.41, 5.74) is -5.34. The van der Waals surface area contributed by atoms with E-state index in [0.717, 1.165) is 6.42 Å². The molecule has 0 amide bonds. The van der Waals surface area contributed by atoms with Gasteiger partial charge in [0.25, 0.3) is 0 Å². The Bertz CT molecular complexity index is 2050. The number of hydrogen-bond donors (Lipinski definition) is 0. The Hall–Kier alpha value is -3.28. The number of rotatable bonds is 2. The van der Waals surface area contributed by atoms with Crippen LogP contribution in [-0.4, -0.2) is 3.21 Å². The third kappa shape index (κ3) is 13.1. The zero-order valence-corrected chi connectivity index (χ0v) is 35.7. The second-order valence-electron chi connectivity index (χ2n) is 15.2. The third-order valence-electron chi connectivity index (χ3n) is 8.78. The van der Waals surface area contributed by atoms with E-state index in [1.54, 1.807) is 0 Å². The van der Waals surface area contributed by atoms with Gasteiger partial charge in [0.2, 0.25) is 0 Å². The van der Waals surface area contributed by atoms with E-state index < -0.39 is 61.3 Å². The Labute approximate surface area is 355 Å². The van der Waals surface area contributed by atoms with E-state index >= 15 is 0 Å². The molecule has 6 rings (SSSR count). The van der Waals surface area contributed by atoms with Gasteiger partial charge in [-0.05, 0) is 10.8 Å². The Morgan fingerprint density at radius 1 is 0.500 bits per heavy atom. The average molecular weight is 943 g/mol. The molecule has 0 fully saturated rings. The van der Waals surface area contributed by atoms with Gasteiger partial charge in [0.15, 0.2) is 0 Å². The molecule has 0 bridgehead atoms. The van der Waals surface area contributed by atoms with Crippen molar-refractivity contribution in [1.29, 1.82) is 0 Å². The fourth-order valence-corrected chi connectivity index (χ4v) is 6.35. The molecule has 0 saturated carbocycles. The maximum Gasteiger partial charge on any atom is -0.109 e. The van der Waals surface area contributed by atoms with Gasteiger partial charge in [-0.1, -0.05) is 76.9 Å². The normalized spacial score (nSPS) is 13.3. The van der Waals surface area contributed by atoms with Gasteiger partial charge in [-0.25, -0.2) is 12.2 Å². The Balaban J connectivity index is 0.000000359. The van der Waals surface area contributed by atoms with Crippen molar-refractivity contribution in [3.63, 3.8) is 0 Å². The quantitative estimate of drug-likeness (QED) is 0.123. The van der Waals surface area contributed by atoms with Gasteiger partial charge in [-0.3, -0.25) is 6.08 Å². The van der Waals surface area contributed by atoms with Crippen LogP contribution < -0.4 is 24.8 Å². The van der Waals surface area contributed by atoms with Gasteiger partial charge in [0, 0.05) is 0 Å². The molecular weight excluding hydrogens is 907 g/mol. The molecule has 0 unspecified atom stereocenters. The van der Waals surface area contributed by atoms with Crippen LogP contribution >= 0.6 is 0 Å². The number of benzene rings is 4. The molecule has 5 aromatic rings. The van der Waals surface area contributed by atoms with Crippen molar-refractivity contribution in [2.45, 2.75) is 83.5 Å². The minimum Gasteiger partial charge on any atom is -1.00 e. The van der Waals surface area contributed by atoms with Gasteiger partial charge >= 0.3 is 175 Å². The Morgan fingerprint density at radius 3 is 1.05 bits per heavy atom. The summed E-state index contributed by atoms with van der Waals surface area (Å²) < 4.78 is 155. The SMILES string of the molecule is CC(C)(C)c1ccc2[cH-]c3ccc(C(C)(C)C)cc3c2c1.FC(F)(F)c1cc([C](=[Zr+2])c2cc(C(F)(F)F)cc(C(F)(F)F)c2)cc(C(F)(F)F)c1.[C-]1=CC=CC1.[Cl-].[Cl-]. The van der Waals surface area contributed by atoms with E-state index in [0.29, 0.717) is 0 Å². The van der Waals surface area contributed by atoms with E-state index in [-0.39, 0.29) is 96.3 Å². The molecule has 312 valence electrons. The third-order valence-corrected chi connectivity index (χ3v) is 10.2. The number of allylic oxidation sites excluding steroid dienone is 4. The van der Waals surface area contributed by atoms with Crippen LogP contribution in [0, 0.1) is 6.08 Å². The first kappa shape index (κ1) is 50.9. The van der Waals surface area contributed by atoms with Crippen LogP contribution in [0.2, 0.25) is 0 Å². The molecule has 1 aliphatic rings. The summed E-state index contributed by atoms with van der Waals surface area (Å²) in [6.45, 7) is 13.7. The fourth-order valence-electron chi connectivity index (χ4n) is 5.64. The zero-order chi connectivity index (χ0) is 42.2. The van der Waals surface area contributed by atoms with Crippen LogP contribution in [-0.2, 0) is 59.8 Å². The van der Waals surface area contributed by atoms with Crippen molar-refractivity contribution in [3.05, 3.63) is 148 Å². The molecule has 58 heavy (non-hydrogen) atoms. The predicted octanol–water partition coefficient (Wildman–Crippen LogP) is 8.50. The maximum absolute atomic E-state index is 13.0. The van der Waals surface area contributed by atoms with Gasteiger partial charge in [0.05, 0.1) is 0 Å². The molecule has 0 aromatic heterocycles. The molecular formula is C43H36Cl2F12Zr-2.